The number of carbonyl (C=O) groups excluding carboxylic acids is 1. The second-order valence-electron chi connectivity index (χ2n) is 7.29. The van der Waals surface area contributed by atoms with E-state index >= 15 is 0 Å². The summed E-state index contributed by atoms with van der Waals surface area (Å²) in [7, 11) is 0. The lowest BCUT2D eigenvalue weighted by molar-refractivity contribution is 0.0524. The minimum atomic E-state index is -0.449. The molecule has 0 saturated carbocycles. The van der Waals surface area contributed by atoms with Crippen molar-refractivity contribution >= 4 is 11.8 Å². The van der Waals surface area contributed by atoms with Crippen LogP contribution in [0.2, 0.25) is 0 Å². The number of alkyl carbamates (subject to hydrolysis) is 1. The highest BCUT2D eigenvalue weighted by Gasteiger charge is 2.23. The van der Waals surface area contributed by atoms with Gasteiger partial charge in [-0.25, -0.2) is 4.79 Å². The number of rotatable bonds is 4. The number of anilines is 1. The van der Waals surface area contributed by atoms with Gasteiger partial charge in [0.2, 0.25) is 0 Å². The minimum absolute atomic E-state index is 0.345. The van der Waals surface area contributed by atoms with Crippen molar-refractivity contribution in [1.29, 1.82) is 0 Å². The Morgan fingerprint density at radius 3 is 2.87 bits per heavy atom. The number of nitrogens with one attached hydrogen (secondary N) is 1. The van der Waals surface area contributed by atoms with Gasteiger partial charge in [-0.3, -0.25) is 4.90 Å². The summed E-state index contributed by atoms with van der Waals surface area (Å²) in [6.45, 7) is 10.3. The number of hydrogen-bond acceptors (Lipinski definition) is 4. The van der Waals surface area contributed by atoms with Crippen LogP contribution in [0.1, 0.15) is 45.2 Å². The van der Waals surface area contributed by atoms with E-state index in [1.54, 1.807) is 0 Å². The van der Waals surface area contributed by atoms with Crippen molar-refractivity contribution in [3.05, 3.63) is 29.3 Å². The number of ether oxygens (including phenoxy) is 1. The molecule has 0 fully saturated rings. The van der Waals surface area contributed by atoms with Gasteiger partial charge < -0.3 is 15.8 Å². The molecule has 0 spiro atoms. The molecule has 0 saturated heterocycles. The zero-order valence-electron chi connectivity index (χ0n) is 14.7. The van der Waals surface area contributed by atoms with Gasteiger partial charge in [0.15, 0.2) is 0 Å². The number of benzene rings is 1. The van der Waals surface area contributed by atoms with Crippen molar-refractivity contribution in [2.45, 2.75) is 58.7 Å². The van der Waals surface area contributed by atoms with Gasteiger partial charge in [-0.15, -0.1) is 0 Å². The Labute approximate surface area is 139 Å². The van der Waals surface area contributed by atoms with Crippen LogP contribution in [0.4, 0.5) is 10.5 Å². The summed E-state index contributed by atoms with van der Waals surface area (Å²) in [6.07, 6.45) is 1.55. The second kappa shape index (κ2) is 7.21. The van der Waals surface area contributed by atoms with E-state index in [-0.39, 0.29) is 6.09 Å². The molecule has 23 heavy (non-hydrogen) atoms. The average molecular weight is 319 g/mol. The van der Waals surface area contributed by atoms with Gasteiger partial charge >= 0.3 is 6.09 Å². The van der Waals surface area contributed by atoms with E-state index in [1.807, 2.05) is 32.9 Å². The maximum absolute atomic E-state index is 11.6. The Morgan fingerprint density at radius 1 is 1.43 bits per heavy atom. The zero-order valence-corrected chi connectivity index (χ0v) is 14.7. The SMILES string of the molecule is CC1Cc2c(N)cccc2CN1CCCNC(=O)OC(C)(C)C. The third kappa shape index (κ3) is 5.13. The lowest BCUT2D eigenvalue weighted by Gasteiger charge is -2.35. The molecule has 0 aliphatic carbocycles. The molecule has 1 amide bonds. The van der Waals surface area contributed by atoms with Gasteiger partial charge in [0.1, 0.15) is 5.60 Å². The van der Waals surface area contributed by atoms with Crippen LogP contribution in [-0.4, -0.2) is 35.7 Å². The third-order valence-corrected chi connectivity index (χ3v) is 4.10. The fourth-order valence-corrected chi connectivity index (χ4v) is 2.94. The number of nitrogens with two attached hydrogens (primary N) is 1. The van der Waals surface area contributed by atoms with Gasteiger partial charge in [0.05, 0.1) is 0 Å². The fourth-order valence-electron chi connectivity index (χ4n) is 2.94. The van der Waals surface area contributed by atoms with Gasteiger partial charge in [-0.05, 0) is 57.7 Å². The highest BCUT2D eigenvalue weighted by Crippen LogP contribution is 2.27. The maximum atomic E-state index is 11.6. The predicted octanol–water partition coefficient (Wildman–Crippen LogP) is 2.93. The molecule has 1 unspecified atom stereocenters. The summed E-state index contributed by atoms with van der Waals surface area (Å²) in [5.74, 6) is 0. The highest BCUT2D eigenvalue weighted by molar-refractivity contribution is 5.67. The zero-order chi connectivity index (χ0) is 17.0. The molecule has 1 aromatic rings. The highest BCUT2D eigenvalue weighted by atomic mass is 16.6. The average Bonchev–Trinajstić information content (AvgIpc) is 2.43. The van der Waals surface area contributed by atoms with Gasteiger partial charge in [-0.1, -0.05) is 12.1 Å². The molecule has 1 heterocycles. The largest absolute Gasteiger partial charge is 0.444 e. The third-order valence-electron chi connectivity index (χ3n) is 4.10. The van der Waals surface area contributed by atoms with Crippen LogP contribution in [0.15, 0.2) is 18.2 Å². The van der Waals surface area contributed by atoms with Crippen molar-refractivity contribution in [2.75, 3.05) is 18.8 Å². The quantitative estimate of drug-likeness (QED) is 0.661. The Morgan fingerprint density at radius 2 is 2.17 bits per heavy atom. The standard InChI is InChI=1S/C18H29N3O2/c1-13-11-15-14(7-5-8-16(15)19)12-21(13)10-6-9-20-17(22)23-18(2,3)4/h5,7-8,13H,6,9-12,19H2,1-4H3,(H,20,22). The Hall–Kier alpha value is -1.75. The molecular formula is C18H29N3O2. The molecule has 1 aliphatic rings. The summed E-state index contributed by atoms with van der Waals surface area (Å²) in [5, 5.41) is 2.81. The van der Waals surface area contributed by atoms with Gasteiger partial charge in [-0.2, -0.15) is 0 Å². The number of nitrogen functional groups attached to an aromatic ring is 1. The Bertz CT molecular complexity index is 552. The summed E-state index contributed by atoms with van der Waals surface area (Å²) in [4.78, 5) is 14.1. The number of carbonyl (C=O) groups is 1. The molecule has 128 valence electrons. The van der Waals surface area contributed by atoms with Crippen LogP contribution >= 0.6 is 0 Å². The van der Waals surface area contributed by atoms with Crippen LogP contribution in [0.5, 0.6) is 0 Å². The van der Waals surface area contributed by atoms with Crippen molar-refractivity contribution in [2.24, 2.45) is 0 Å². The molecule has 1 atom stereocenters. The van der Waals surface area contributed by atoms with Crippen molar-refractivity contribution < 1.29 is 9.53 Å². The van der Waals surface area contributed by atoms with Crippen LogP contribution in [-0.2, 0) is 17.7 Å². The predicted molar refractivity (Wildman–Crippen MR) is 93.3 cm³/mol. The van der Waals surface area contributed by atoms with E-state index in [4.69, 9.17) is 10.5 Å². The second-order valence-corrected chi connectivity index (χ2v) is 7.29. The monoisotopic (exact) mass is 319 g/mol. The van der Waals surface area contributed by atoms with Gasteiger partial charge in [0, 0.05) is 31.4 Å². The van der Waals surface area contributed by atoms with E-state index in [0.717, 1.165) is 31.6 Å². The fraction of sp³-hybridized carbons (Fsp3) is 0.611. The summed E-state index contributed by atoms with van der Waals surface area (Å²) in [5.41, 5.74) is 9.15. The topological polar surface area (TPSA) is 67.6 Å². The number of fused-ring (bicyclic) bond motifs is 1. The van der Waals surface area contributed by atoms with Gasteiger partial charge in [0.25, 0.3) is 0 Å². The summed E-state index contributed by atoms with van der Waals surface area (Å²) >= 11 is 0. The van der Waals surface area contributed by atoms with E-state index in [0.29, 0.717) is 12.6 Å². The molecule has 1 aliphatic heterocycles. The van der Waals surface area contributed by atoms with Crippen LogP contribution in [0, 0.1) is 0 Å². The number of hydrogen-bond donors (Lipinski definition) is 2. The lowest BCUT2D eigenvalue weighted by atomic mass is 9.93. The first-order chi connectivity index (χ1) is 10.8. The van der Waals surface area contributed by atoms with Crippen LogP contribution in [0.25, 0.3) is 0 Å². The molecular weight excluding hydrogens is 290 g/mol. The molecule has 2 rings (SSSR count). The molecule has 0 bridgehead atoms. The molecule has 5 nitrogen and oxygen atoms in total. The molecule has 5 heteroatoms. The van der Waals surface area contributed by atoms with E-state index in [2.05, 4.69) is 23.2 Å². The maximum Gasteiger partial charge on any atom is 0.407 e. The van der Waals surface area contributed by atoms with Crippen molar-refractivity contribution in [3.8, 4) is 0 Å². The first-order valence-electron chi connectivity index (χ1n) is 8.33. The summed E-state index contributed by atoms with van der Waals surface area (Å²) in [6, 6.07) is 6.62. The molecule has 0 aromatic heterocycles. The minimum Gasteiger partial charge on any atom is -0.444 e. The first kappa shape index (κ1) is 17.6. The van der Waals surface area contributed by atoms with E-state index in [9.17, 15) is 4.79 Å². The van der Waals surface area contributed by atoms with E-state index in [1.165, 1.54) is 11.1 Å². The molecule has 0 radical (unpaired) electrons. The summed E-state index contributed by atoms with van der Waals surface area (Å²) < 4.78 is 5.23. The van der Waals surface area contributed by atoms with Crippen molar-refractivity contribution in [3.63, 3.8) is 0 Å². The molecule has 1 aromatic carbocycles. The normalized spacial score (nSPS) is 18.3. The first-order valence-corrected chi connectivity index (χ1v) is 8.33. The van der Waals surface area contributed by atoms with Crippen molar-refractivity contribution in [1.82, 2.24) is 10.2 Å². The van der Waals surface area contributed by atoms with E-state index < -0.39 is 5.60 Å². The van der Waals surface area contributed by atoms with Crippen LogP contribution < -0.4 is 11.1 Å². The number of nitrogens with zero attached hydrogens (tertiary/aromatic N) is 1. The smallest absolute Gasteiger partial charge is 0.407 e. The van der Waals surface area contributed by atoms with Crippen LogP contribution in [0.3, 0.4) is 0 Å². The number of amides is 1. The lowest BCUT2D eigenvalue weighted by Crippen LogP contribution is -2.40. The Balaban J connectivity index is 1.78. The Kier molecular flexibility index (Phi) is 5.52. The molecule has 3 N–H and O–H groups in total.